The predicted molar refractivity (Wildman–Crippen MR) is 107 cm³/mol. The number of aromatic hydroxyl groups is 1. The highest BCUT2D eigenvalue weighted by molar-refractivity contribution is 6.31. The molecule has 0 unspecified atom stereocenters. The number of phenols is 1. The van der Waals surface area contributed by atoms with Crippen molar-refractivity contribution >= 4 is 28.3 Å². The van der Waals surface area contributed by atoms with Crippen LogP contribution in [0.1, 0.15) is 23.0 Å². The van der Waals surface area contributed by atoms with Gasteiger partial charge in [0.15, 0.2) is 11.5 Å². The quantitative estimate of drug-likeness (QED) is 0.490. The number of aryl methyl sites for hydroxylation is 1. The average Bonchev–Trinajstić information content (AvgIpc) is 3.07. The third kappa shape index (κ3) is 2.97. The van der Waals surface area contributed by atoms with Crippen LogP contribution in [0, 0.1) is 6.92 Å². The van der Waals surface area contributed by atoms with Crippen molar-refractivity contribution in [2.45, 2.75) is 13.8 Å². The number of fused-ring (bicyclic) bond motifs is 1. The van der Waals surface area contributed by atoms with Gasteiger partial charge in [0.05, 0.1) is 11.3 Å². The number of aromatic amines is 1. The number of carbonyl (C=O) groups excluding carboxylic acids is 1. The molecule has 7 heteroatoms. The molecule has 4 aromatic rings. The van der Waals surface area contributed by atoms with E-state index in [9.17, 15) is 14.7 Å². The number of pyridine rings is 1. The molecule has 2 N–H and O–H groups in total. The summed E-state index contributed by atoms with van der Waals surface area (Å²) < 4.78 is 5.34. The zero-order valence-electron chi connectivity index (χ0n) is 15.0. The molecule has 2 aromatic carbocycles. The third-order valence-electron chi connectivity index (χ3n) is 4.52. The fourth-order valence-corrected chi connectivity index (χ4v) is 3.39. The maximum atomic E-state index is 12.9. The van der Waals surface area contributed by atoms with Crippen molar-refractivity contribution in [3.8, 4) is 28.2 Å². The number of phenolic OH excluding ortho intramolecular Hbond substituents is 1. The van der Waals surface area contributed by atoms with Gasteiger partial charge >= 0.3 is 0 Å². The molecule has 0 saturated heterocycles. The van der Waals surface area contributed by atoms with Crippen molar-refractivity contribution in [1.82, 2.24) is 10.1 Å². The minimum Gasteiger partial charge on any atom is -0.507 e. The van der Waals surface area contributed by atoms with Gasteiger partial charge in [0, 0.05) is 38.7 Å². The number of nitrogens with zero attached hydrogens (tertiary/aromatic N) is 1. The van der Waals surface area contributed by atoms with E-state index in [0.29, 0.717) is 38.3 Å². The molecular formula is C21H15ClN2O4. The predicted octanol–water partition coefficient (Wildman–Crippen LogP) is 4.72. The van der Waals surface area contributed by atoms with Crippen LogP contribution in [0.25, 0.3) is 33.4 Å². The highest BCUT2D eigenvalue weighted by Crippen LogP contribution is 2.40. The third-order valence-corrected chi connectivity index (χ3v) is 4.76. The lowest BCUT2D eigenvalue weighted by Gasteiger charge is -2.14. The average molecular weight is 395 g/mol. The molecule has 140 valence electrons. The summed E-state index contributed by atoms with van der Waals surface area (Å²) >= 11 is 6.20. The van der Waals surface area contributed by atoms with Crippen LogP contribution in [-0.2, 0) is 0 Å². The maximum Gasteiger partial charge on any atom is 0.260 e. The number of benzene rings is 2. The molecule has 2 aromatic heterocycles. The second-order valence-electron chi connectivity index (χ2n) is 6.51. The van der Waals surface area contributed by atoms with Gasteiger partial charge in [-0.3, -0.25) is 9.59 Å². The van der Waals surface area contributed by atoms with Gasteiger partial charge < -0.3 is 14.6 Å². The molecule has 0 radical (unpaired) electrons. The molecule has 6 nitrogen and oxygen atoms in total. The van der Waals surface area contributed by atoms with Crippen molar-refractivity contribution in [2.75, 3.05) is 0 Å². The van der Waals surface area contributed by atoms with E-state index in [-0.39, 0.29) is 22.9 Å². The first kappa shape index (κ1) is 18.0. The van der Waals surface area contributed by atoms with Gasteiger partial charge in [-0.05, 0) is 50.2 Å². The van der Waals surface area contributed by atoms with Crippen LogP contribution in [0.5, 0.6) is 5.75 Å². The molecule has 0 aliphatic rings. The Hall–Kier alpha value is -3.38. The molecule has 0 fully saturated rings. The van der Waals surface area contributed by atoms with Crippen molar-refractivity contribution in [1.29, 1.82) is 0 Å². The number of hydrogen-bond acceptors (Lipinski definition) is 5. The van der Waals surface area contributed by atoms with Crippen molar-refractivity contribution < 1.29 is 14.4 Å². The van der Waals surface area contributed by atoms with Gasteiger partial charge in [-0.2, -0.15) is 0 Å². The van der Waals surface area contributed by atoms with Crippen molar-refractivity contribution in [3.63, 3.8) is 0 Å². The Balaban J connectivity index is 2.20. The first-order valence-electron chi connectivity index (χ1n) is 8.48. The Kier molecular flexibility index (Phi) is 4.28. The van der Waals surface area contributed by atoms with Crippen LogP contribution in [0.2, 0.25) is 5.02 Å². The zero-order chi connectivity index (χ0) is 20.0. The Bertz CT molecular complexity index is 1300. The summed E-state index contributed by atoms with van der Waals surface area (Å²) in [4.78, 5) is 27.6. The van der Waals surface area contributed by atoms with Gasteiger partial charge in [-0.1, -0.05) is 16.8 Å². The lowest BCUT2D eigenvalue weighted by atomic mass is 9.92. The molecule has 28 heavy (non-hydrogen) atoms. The summed E-state index contributed by atoms with van der Waals surface area (Å²) in [5, 5.41) is 15.5. The monoisotopic (exact) mass is 394 g/mol. The van der Waals surface area contributed by atoms with E-state index in [2.05, 4.69) is 10.1 Å². The van der Waals surface area contributed by atoms with Crippen LogP contribution in [0.15, 0.2) is 51.8 Å². The van der Waals surface area contributed by atoms with Gasteiger partial charge in [0.25, 0.3) is 5.56 Å². The van der Waals surface area contributed by atoms with Crippen LogP contribution in [0.4, 0.5) is 0 Å². The van der Waals surface area contributed by atoms with Crippen LogP contribution in [-0.4, -0.2) is 21.0 Å². The molecule has 0 saturated carbocycles. The maximum absolute atomic E-state index is 12.9. The number of aromatic nitrogens is 2. The Morgan fingerprint density at radius 2 is 1.93 bits per heavy atom. The number of nitrogens with one attached hydrogen (secondary N) is 1. The molecule has 0 atom stereocenters. The standard InChI is InChI=1S/C21H15ClN2O4/c1-10-7-18(28-24-10)20-19(15-8-12(11(2)25)3-6-17(15)26)14-9-13(22)4-5-16(14)23-21(20)27/h3-9,26H,1-2H3,(H,23,27). The van der Waals surface area contributed by atoms with Crippen LogP contribution in [0.3, 0.4) is 0 Å². The van der Waals surface area contributed by atoms with Crippen molar-refractivity contribution in [3.05, 3.63) is 69.1 Å². The van der Waals surface area contributed by atoms with Gasteiger partial charge in [0.2, 0.25) is 0 Å². The SMILES string of the molecule is CC(=O)c1ccc(O)c(-c2c(-c3cc(C)no3)c(=O)[nH]c3ccc(Cl)cc23)c1. The Morgan fingerprint density at radius 3 is 2.61 bits per heavy atom. The van der Waals surface area contributed by atoms with Crippen LogP contribution >= 0.6 is 11.6 Å². The highest BCUT2D eigenvalue weighted by atomic mass is 35.5. The smallest absolute Gasteiger partial charge is 0.260 e. The molecule has 0 aliphatic heterocycles. The summed E-state index contributed by atoms with van der Waals surface area (Å²) in [7, 11) is 0. The van der Waals surface area contributed by atoms with Gasteiger partial charge in [-0.15, -0.1) is 0 Å². The lowest BCUT2D eigenvalue weighted by molar-refractivity contribution is 0.101. The minimum atomic E-state index is -0.409. The molecule has 0 spiro atoms. The summed E-state index contributed by atoms with van der Waals surface area (Å²) in [5.41, 5.74) is 2.08. The topological polar surface area (TPSA) is 96.2 Å². The summed E-state index contributed by atoms with van der Waals surface area (Å²) in [6, 6.07) is 11.2. The van der Waals surface area contributed by atoms with E-state index >= 15 is 0 Å². The molecular weight excluding hydrogens is 380 g/mol. The number of Topliss-reactive ketones (excluding diaryl/α,β-unsaturated/α-hetero) is 1. The summed E-state index contributed by atoms with van der Waals surface area (Å²) in [6.07, 6.45) is 0. The Morgan fingerprint density at radius 1 is 1.14 bits per heavy atom. The van der Waals surface area contributed by atoms with E-state index < -0.39 is 5.56 Å². The first-order valence-corrected chi connectivity index (χ1v) is 8.86. The lowest BCUT2D eigenvalue weighted by Crippen LogP contribution is -2.11. The van der Waals surface area contributed by atoms with Gasteiger partial charge in [0.1, 0.15) is 5.75 Å². The number of halogens is 1. The Labute approximate surface area is 164 Å². The van der Waals surface area contributed by atoms with Gasteiger partial charge in [-0.25, -0.2) is 0 Å². The number of hydrogen-bond donors (Lipinski definition) is 2. The second kappa shape index (κ2) is 6.65. The normalized spacial score (nSPS) is 11.1. The number of rotatable bonds is 3. The van der Waals surface area contributed by atoms with E-state index in [0.717, 1.165) is 0 Å². The fraction of sp³-hybridized carbons (Fsp3) is 0.0952. The molecule has 4 rings (SSSR count). The molecule has 0 bridgehead atoms. The largest absolute Gasteiger partial charge is 0.507 e. The first-order chi connectivity index (χ1) is 13.3. The van der Waals surface area contributed by atoms with E-state index in [1.807, 2.05) is 0 Å². The number of H-pyrrole nitrogens is 1. The highest BCUT2D eigenvalue weighted by Gasteiger charge is 2.22. The van der Waals surface area contributed by atoms with E-state index in [1.54, 1.807) is 37.3 Å². The summed E-state index contributed by atoms with van der Waals surface area (Å²) in [5.74, 6) is 0.0168. The second-order valence-corrected chi connectivity index (χ2v) is 6.95. The van der Waals surface area contributed by atoms with Crippen LogP contribution < -0.4 is 5.56 Å². The van der Waals surface area contributed by atoms with Crippen molar-refractivity contribution in [2.24, 2.45) is 0 Å². The van der Waals surface area contributed by atoms with E-state index in [1.165, 1.54) is 19.1 Å². The minimum absolute atomic E-state index is 0.0747. The zero-order valence-corrected chi connectivity index (χ0v) is 15.8. The molecule has 0 amide bonds. The fourth-order valence-electron chi connectivity index (χ4n) is 3.22. The number of ketones is 1. The molecule has 0 aliphatic carbocycles. The molecule has 2 heterocycles. The number of carbonyl (C=O) groups is 1. The van der Waals surface area contributed by atoms with E-state index in [4.69, 9.17) is 16.1 Å². The summed E-state index contributed by atoms with van der Waals surface area (Å²) in [6.45, 7) is 3.18.